The zero-order chi connectivity index (χ0) is 12.8. The highest BCUT2D eigenvalue weighted by atomic mass is 16.6. The summed E-state index contributed by atoms with van der Waals surface area (Å²) >= 11 is 0. The Balaban J connectivity index is 2.99. The Morgan fingerprint density at radius 3 is 2.47 bits per heavy atom. The van der Waals surface area contributed by atoms with Gasteiger partial charge in [-0.1, -0.05) is 0 Å². The van der Waals surface area contributed by atoms with E-state index in [0.29, 0.717) is 5.56 Å². The van der Waals surface area contributed by atoms with Crippen LogP contribution in [0.4, 0.5) is 5.69 Å². The number of nitro groups is 1. The predicted octanol–water partition coefficient (Wildman–Crippen LogP) is 1.29. The first-order valence-corrected chi connectivity index (χ1v) is 4.69. The second kappa shape index (κ2) is 5.76. The third kappa shape index (κ3) is 3.69. The molecule has 0 saturated heterocycles. The number of rotatable bonds is 4. The molecule has 0 spiro atoms. The number of nitrogens with zero attached hydrogens (tertiary/aromatic N) is 1. The van der Waals surface area contributed by atoms with Crippen LogP contribution >= 0.6 is 0 Å². The van der Waals surface area contributed by atoms with Crippen molar-refractivity contribution in [2.75, 3.05) is 6.61 Å². The smallest absolute Gasteiger partial charge is 0.308 e. The quantitative estimate of drug-likeness (QED) is 0.368. The van der Waals surface area contributed by atoms with Crippen LogP contribution in [0.15, 0.2) is 24.3 Å². The lowest BCUT2D eigenvalue weighted by Gasteiger charge is -2.06. The van der Waals surface area contributed by atoms with Crippen LogP contribution in [0.5, 0.6) is 0 Å². The molecule has 1 rings (SSSR count). The molecule has 6 heteroatoms. The van der Waals surface area contributed by atoms with Gasteiger partial charge in [0.15, 0.2) is 0 Å². The van der Waals surface area contributed by atoms with Gasteiger partial charge in [0.05, 0.1) is 11.5 Å². The van der Waals surface area contributed by atoms with E-state index in [1.54, 1.807) is 0 Å². The number of carbonyl (C=O) groups is 1. The number of nitro benzene ring substituents is 1. The molecule has 0 amide bonds. The molecule has 0 aliphatic heterocycles. The first-order chi connectivity index (χ1) is 8.04. The van der Waals surface area contributed by atoms with Crippen molar-refractivity contribution in [2.45, 2.75) is 6.92 Å². The lowest BCUT2D eigenvalue weighted by Crippen LogP contribution is -2.00. The summed E-state index contributed by atoms with van der Waals surface area (Å²) in [4.78, 5) is 20.7. The van der Waals surface area contributed by atoms with Gasteiger partial charge in [-0.3, -0.25) is 14.9 Å². The molecule has 0 bridgehead atoms. The summed E-state index contributed by atoms with van der Waals surface area (Å²) in [5.74, 6) is -0.505. The maximum Gasteiger partial charge on any atom is 0.308 e. The molecule has 1 N–H and O–H groups in total. The van der Waals surface area contributed by atoms with E-state index in [-0.39, 0.29) is 11.4 Å². The predicted molar refractivity (Wildman–Crippen MR) is 58.6 cm³/mol. The van der Waals surface area contributed by atoms with Crippen molar-refractivity contribution in [1.29, 1.82) is 0 Å². The molecule has 0 saturated carbocycles. The molecular weight excluding hydrogens is 226 g/mol. The van der Waals surface area contributed by atoms with Crippen LogP contribution in [-0.2, 0) is 9.53 Å². The normalized spacial score (nSPS) is 11.1. The Labute approximate surface area is 97.3 Å². The van der Waals surface area contributed by atoms with Gasteiger partial charge < -0.3 is 9.84 Å². The molecule has 0 aliphatic rings. The molecule has 17 heavy (non-hydrogen) atoms. The van der Waals surface area contributed by atoms with Crippen molar-refractivity contribution in [3.05, 3.63) is 46.0 Å². The van der Waals surface area contributed by atoms with Crippen molar-refractivity contribution < 1.29 is 19.6 Å². The van der Waals surface area contributed by atoms with Crippen LogP contribution in [0.2, 0.25) is 0 Å². The molecular formula is C11H10NO5. The summed E-state index contributed by atoms with van der Waals surface area (Å²) in [7, 11) is 0. The third-order valence-electron chi connectivity index (χ3n) is 1.83. The number of esters is 1. The SMILES string of the molecule is CC(=O)OC(=[C]CO)c1ccc([N+](=O)[O-])cc1. The third-order valence-corrected chi connectivity index (χ3v) is 1.83. The number of aliphatic hydroxyl groups excluding tert-OH is 1. The molecule has 6 nitrogen and oxygen atoms in total. The monoisotopic (exact) mass is 236 g/mol. The summed E-state index contributed by atoms with van der Waals surface area (Å²) in [5.41, 5.74) is 0.361. The average molecular weight is 236 g/mol. The summed E-state index contributed by atoms with van der Waals surface area (Å²) in [6, 6.07) is 5.38. The number of hydrogen-bond acceptors (Lipinski definition) is 5. The Bertz CT molecular complexity index is 449. The first kappa shape index (κ1) is 12.9. The molecule has 0 heterocycles. The molecule has 0 fully saturated rings. The Morgan fingerprint density at radius 2 is 2.06 bits per heavy atom. The number of carbonyl (C=O) groups excluding carboxylic acids is 1. The van der Waals surface area contributed by atoms with Crippen molar-refractivity contribution in [1.82, 2.24) is 0 Å². The highest BCUT2D eigenvalue weighted by Crippen LogP contribution is 2.19. The standard InChI is InChI=1S/C11H10NO5/c1-8(14)17-11(6-7-13)9-2-4-10(5-3-9)12(15)16/h2-5,13H,7H2,1H3. The highest BCUT2D eigenvalue weighted by Gasteiger charge is 2.09. The van der Waals surface area contributed by atoms with Gasteiger partial charge in [0.2, 0.25) is 0 Å². The maximum absolute atomic E-state index is 10.8. The van der Waals surface area contributed by atoms with Gasteiger partial charge >= 0.3 is 5.97 Å². The zero-order valence-corrected chi connectivity index (χ0v) is 9.04. The maximum atomic E-state index is 10.8. The molecule has 1 aromatic carbocycles. The number of aliphatic hydroxyl groups is 1. The van der Waals surface area contributed by atoms with Gasteiger partial charge in [-0.25, -0.2) is 0 Å². The van der Waals surface area contributed by atoms with Crippen LogP contribution in [0.3, 0.4) is 0 Å². The summed E-state index contributed by atoms with van der Waals surface area (Å²) in [6.07, 6.45) is 2.44. The second-order valence-corrected chi connectivity index (χ2v) is 3.06. The van der Waals surface area contributed by atoms with E-state index in [1.807, 2.05) is 0 Å². The van der Waals surface area contributed by atoms with Gasteiger partial charge in [0.1, 0.15) is 5.76 Å². The fraction of sp³-hybridized carbons (Fsp3) is 0.182. The Kier molecular flexibility index (Phi) is 4.36. The number of benzene rings is 1. The van der Waals surface area contributed by atoms with Crippen LogP contribution in [0, 0.1) is 16.2 Å². The van der Waals surface area contributed by atoms with Crippen LogP contribution in [0.1, 0.15) is 12.5 Å². The molecule has 0 aromatic heterocycles. The lowest BCUT2D eigenvalue weighted by molar-refractivity contribution is -0.384. The van der Waals surface area contributed by atoms with E-state index in [4.69, 9.17) is 9.84 Å². The lowest BCUT2D eigenvalue weighted by atomic mass is 10.1. The largest absolute Gasteiger partial charge is 0.426 e. The topological polar surface area (TPSA) is 89.7 Å². The molecule has 1 aromatic rings. The van der Waals surface area contributed by atoms with Gasteiger partial charge in [0, 0.05) is 30.7 Å². The second-order valence-electron chi connectivity index (χ2n) is 3.06. The van der Waals surface area contributed by atoms with E-state index < -0.39 is 17.5 Å². The molecule has 1 radical (unpaired) electrons. The molecule has 0 aliphatic carbocycles. The first-order valence-electron chi connectivity index (χ1n) is 4.69. The van der Waals surface area contributed by atoms with E-state index in [9.17, 15) is 14.9 Å². The molecule has 0 atom stereocenters. The fourth-order valence-electron chi connectivity index (χ4n) is 1.15. The van der Waals surface area contributed by atoms with Crippen molar-refractivity contribution in [2.24, 2.45) is 0 Å². The van der Waals surface area contributed by atoms with Gasteiger partial charge in [-0.2, -0.15) is 0 Å². The summed E-state index contributed by atoms with van der Waals surface area (Å²) in [6.45, 7) is 0.796. The van der Waals surface area contributed by atoms with Crippen molar-refractivity contribution in [3.8, 4) is 0 Å². The van der Waals surface area contributed by atoms with Gasteiger partial charge in [-0.05, 0) is 12.1 Å². The number of non-ortho nitro benzene ring substituents is 1. The summed E-state index contributed by atoms with van der Waals surface area (Å²) in [5, 5.41) is 19.2. The minimum atomic E-state index is -0.556. The number of hydrogen-bond donors (Lipinski definition) is 1. The van der Waals surface area contributed by atoms with Gasteiger partial charge in [-0.15, -0.1) is 0 Å². The van der Waals surface area contributed by atoms with E-state index in [0.717, 1.165) is 0 Å². The fourth-order valence-corrected chi connectivity index (χ4v) is 1.15. The zero-order valence-electron chi connectivity index (χ0n) is 9.04. The molecule has 89 valence electrons. The minimum absolute atomic E-state index is 0.0508. The molecule has 0 unspecified atom stereocenters. The van der Waals surface area contributed by atoms with E-state index >= 15 is 0 Å². The Morgan fingerprint density at radius 1 is 1.47 bits per heavy atom. The number of ether oxygens (including phenoxy) is 1. The Hall–Kier alpha value is -2.21. The summed E-state index contributed by atoms with van der Waals surface area (Å²) < 4.78 is 4.81. The van der Waals surface area contributed by atoms with E-state index in [1.165, 1.54) is 31.2 Å². The van der Waals surface area contributed by atoms with Crippen molar-refractivity contribution >= 4 is 17.4 Å². The minimum Gasteiger partial charge on any atom is -0.426 e. The van der Waals surface area contributed by atoms with E-state index in [2.05, 4.69) is 6.08 Å². The van der Waals surface area contributed by atoms with Gasteiger partial charge in [0.25, 0.3) is 5.69 Å². The highest BCUT2D eigenvalue weighted by molar-refractivity contribution is 5.75. The van der Waals surface area contributed by atoms with Crippen LogP contribution in [-0.4, -0.2) is 22.6 Å². The van der Waals surface area contributed by atoms with Crippen molar-refractivity contribution in [3.63, 3.8) is 0 Å². The van der Waals surface area contributed by atoms with Crippen LogP contribution < -0.4 is 0 Å². The van der Waals surface area contributed by atoms with Crippen LogP contribution in [0.25, 0.3) is 5.76 Å². The average Bonchev–Trinajstić information content (AvgIpc) is 2.28.